The van der Waals surface area contributed by atoms with Crippen LogP contribution in [0.4, 0.5) is 0 Å². The zero-order chi connectivity index (χ0) is 12.4. The Bertz CT molecular complexity index is 409. The molecule has 0 saturated carbocycles. The third kappa shape index (κ3) is 3.31. The van der Waals surface area contributed by atoms with Gasteiger partial charge in [-0.3, -0.25) is 0 Å². The van der Waals surface area contributed by atoms with Crippen LogP contribution < -0.4 is 0 Å². The first-order valence-corrected chi connectivity index (χ1v) is 8.89. The zero-order valence-corrected chi connectivity index (χ0v) is 13.7. The molecular formula is C11H14BrClN2S2. The van der Waals surface area contributed by atoms with Crippen LogP contribution in [0.1, 0.15) is 36.5 Å². The molecule has 0 radical (unpaired) electrons. The van der Waals surface area contributed by atoms with Gasteiger partial charge in [-0.2, -0.15) is 11.8 Å². The summed E-state index contributed by atoms with van der Waals surface area (Å²) in [6, 6.07) is 0. The monoisotopic (exact) mass is 352 g/mol. The fraction of sp³-hybridized carbons (Fsp3) is 0.636. The molecule has 0 bridgehead atoms. The van der Waals surface area contributed by atoms with Gasteiger partial charge >= 0.3 is 0 Å². The van der Waals surface area contributed by atoms with Gasteiger partial charge in [-0.15, -0.1) is 11.8 Å². The van der Waals surface area contributed by atoms with Crippen molar-refractivity contribution in [2.24, 2.45) is 0 Å². The minimum Gasteiger partial charge on any atom is -0.235 e. The maximum Gasteiger partial charge on any atom is 0.147 e. The maximum atomic E-state index is 6.17. The van der Waals surface area contributed by atoms with E-state index in [1.54, 1.807) is 0 Å². The van der Waals surface area contributed by atoms with Gasteiger partial charge in [0.25, 0.3) is 0 Å². The van der Waals surface area contributed by atoms with Gasteiger partial charge in [0.1, 0.15) is 11.0 Å². The second kappa shape index (κ2) is 6.13. The highest BCUT2D eigenvalue weighted by Gasteiger charge is 2.22. The Hall–Kier alpha value is 0.550. The number of hydrogen-bond donors (Lipinski definition) is 0. The molecule has 1 saturated heterocycles. The van der Waals surface area contributed by atoms with Gasteiger partial charge in [0.05, 0.1) is 15.4 Å². The molecule has 17 heavy (non-hydrogen) atoms. The highest BCUT2D eigenvalue weighted by molar-refractivity contribution is 9.10. The SMILES string of the molecule is CC(C)c1nc(C2CSCCS2)nc(Cl)c1Br. The van der Waals surface area contributed by atoms with Crippen molar-refractivity contribution in [2.75, 3.05) is 17.3 Å². The number of aromatic nitrogens is 2. The summed E-state index contributed by atoms with van der Waals surface area (Å²) in [4.78, 5) is 9.09. The molecule has 2 heterocycles. The van der Waals surface area contributed by atoms with E-state index in [9.17, 15) is 0 Å². The third-order valence-electron chi connectivity index (χ3n) is 2.50. The molecule has 1 aliphatic heterocycles. The normalized spacial score (nSPS) is 20.9. The van der Waals surface area contributed by atoms with Crippen molar-refractivity contribution >= 4 is 51.1 Å². The van der Waals surface area contributed by atoms with Gasteiger partial charge < -0.3 is 0 Å². The van der Waals surface area contributed by atoms with Gasteiger partial charge in [0, 0.05) is 17.3 Å². The predicted molar refractivity (Wildman–Crippen MR) is 81.4 cm³/mol. The Morgan fingerprint density at radius 1 is 1.35 bits per heavy atom. The Morgan fingerprint density at radius 2 is 2.12 bits per heavy atom. The average molecular weight is 354 g/mol. The van der Waals surface area contributed by atoms with E-state index < -0.39 is 0 Å². The Labute approximate surface area is 124 Å². The van der Waals surface area contributed by atoms with Gasteiger partial charge in [-0.1, -0.05) is 25.4 Å². The average Bonchev–Trinajstić information content (AvgIpc) is 2.33. The number of nitrogens with zero attached hydrogens (tertiary/aromatic N) is 2. The van der Waals surface area contributed by atoms with Crippen LogP contribution in [0.2, 0.25) is 5.15 Å². The molecule has 0 aliphatic carbocycles. The fourth-order valence-electron chi connectivity index (χ4n) is 1.62. The van der Waals surface area contributed by atoms with E-state index in [1.807, 2.05) is 23.5 Å². The third-order valence-corrected chi connectivity index (χ3v) is 6.54. The van der Waals surface area contributed by atoms with Crippen molar-refractivity contribution in [3.05, 3.63) is 21.1 Å². The lowest BCUT2D eigenvalue weighted by molar-refractivity contribution is 0.776. The summed E-state index contributed by atoms with van der Waals surface area (Å²) in [5.41, 5.74) is 1.01. The van der Waals surface area contributed by atoms with Crippen LogP contribution in [0, 0.1) is 0 Å². The van der Waals surface area contributed by atoms with Crippen LogP contribution in [0.5, 0.6) is 0 Å². The Balaban J connectivity index is 2.34. The molecule has 94 valence electrons. The molecule has 6 heteroatoms. The summed E-state index contributed by atoms with van der Waals surface area (Å²) >= 11 is 13.5. The topological polar surface area (TPSA) is 25.8 Å². The number of rotatable bonds is 2. The summed E-state index contributed by atoms with van der Waals surface area (Å²) < 4.78 is 0.839. The molecule has 1 atom stereocenters. The van der Waals surface area contributed by atoms with E-state index in [4.69, 9.17) is 11.6 Å². The van der Waals surface area contributed by atoms with Crippen LogP contribution in [0.3, 0.4) is 0 Å². The lowest BCUT2D eigenvalue weighted by atomic mass is 10.1. The highest BCUT2D eigenvalue weighted by atomic mass is 79.9. The van der Waals surface area contributed by atoms with Gasteiger partial charge in [-0.25, -0.2) is 9.97 Å². The van der Waals surface area contributed by atoms with Crippen molar-refractivity contribution in [3.63, 3.8) is 0 Å². The van der Waals surface area contributed by atoms with Crippen molar-refractivity contribution in [1.29, 1.82) is 0 Å². The summed E-state index contributed by atoms with van der Waals surface area (Å²) in [5.74, 6) is 4.72. The van der Waals surface area contributed by atoms with E-state index in [0.717, 1.165) is 21.7 Å². The quantitative estimate of drug-likeness (QED) is 0.729. The first kappa shape index (κ1) is 14.0. The van der Waals surface area contributed by atoms with Crippen LogP contribution in [-0.2, 0) is 0 Å². The highest BCUT2D eigenvalue weighted by Crippen LogP contribution is 2.37. The summed E-state index contributed by atoms with van der Waals surface area (Å²) in [7, 11) is 0. The second-order valence-corrected chi connectivity index (χ2v) is 7.77. The van der Waals surface area contributed by atoms with Crippen LogP contribution in [0.25, 0.3) is 0 Å². The van der Waals surface area contributed by atoms with Crippen LogP contribution >= 0.6 is 51.1 Å². The Morgan fingerprint density at radius 3 is 2.71 bits per heavy atom. The lowest BCUT2D eigenvalue weighted by Gasteiger charge is -2.21. The second-order valence-electron chi connectivity index (χ2n) is 4.16. The molecule has 2 nitrogen and oxygen atoms in total. The minimum absolute atomic E-state index is 0.352. The number of thioether (sulfide) groups is 2. The number of halogens is 2. The largest absolute Gasteiger partial charge is 0.235 e. The first-order chi connectivity index (χ1) is 8.09. The summed E-state index contributed by atoms with van der Waals surface area (Å²) in [6.07, 6.45) is 0. The molecule has 1 fully saturated rings. The van der Waals surface area contributed by atoms with Gasteiger partial charge in [0.15, 0.2) is 0 Å². The standard InChI is InChI=1S/C11H14BrClN2S2/c1-6(2)9-8(12)10(13)15-11(14-9)7-5-16-3-4-17-7/h6-7H,3-5H2,1-2H3. The zero-order valence-electron chi connectivity index (χ0n) is 9.74. The molecule has 1 unspecified atom stereocenters. The van der Waals surface area contributed by atoms with Crippen LogP contribution in [0.15, 0.2) is 4.47 Å². The molecule has 0 spiro atoms. The van der Waals surface area contributed by atoms with E-state index in [-0.39, 0.29) is 0 Å². The fourth-order valence-corrected chi connectivity index (χ4v) is 5.03. The van der Waals surface area contributed by atoms with Gasteiger partial charge in [0.2, 0.25) is 0 Å². The van der Waals surface area contributed by atoms with E-state index in [0.29, 0.717) is 16.3 Å². The molecule has 2 rings (SSSR count). The van der Waals surface area contributed by atoms with E-state index >= 15 is 0 Å². The van der Waals surface area contributed by atoms with Gasteiger partial charge in [-0.05, 0) is 21.8 Å². The molecule has 1 aromatic rings. The molecule has 1 aromatic heterocycles. The molecule has 0 amide bonds. The predicted octanol–water partition coefficient (Wildman–Crippen LogP) is 4.54. The summed E-state index contributed by atoms with van der Waals surface area (Å²) in [6.45, 7) is 4.24. The molecule has 1 aliphatic rings. The van der Waals surface area contributed by atoms with Crippen molar-refractivity contribution in [3.8, 4) is 0 Å². The van der Waals surface area contributed by atoms with Crippen molar-refractivity contribution < 1.29 is 0 Å². The van der Waals surface area contributed by atoms with Crippen molar-refractivity contribution in [1.82, 2.24) is 9.97 Å². The molecular weight excluding hydrogens is 340 g/mol. The van der Waals surface area contributed by atoms with E-state index in [1.165, 1.54) is 11.5 Å². The molecule has 0 aromatic carbocycles. The number of hydrogen-bond acceptors (Lipinski definition) is 4. The summed E-state index contributed by atoms with van der Waals surface area (Å²) in [5, 5.41) is 0.923. The smallest absolute Gasteiger partial charge is 0.147 e. The minimum atomic E-state index is 0.352. The van der Waals surface area contributed by atoms with Crippen molar-refractivity contribution in [2.45, 2.75) is 25.0 Å². The first-order valence-electron chi connectivity index (χ1n) is 5.51. The Kier molecular flexibility index (Phi) is 5.04. The van der Waals surface area contributed by atoms with E-state index in [2.05, 4.69) is 39.7 Å². The van der Waals surface area contributed by atoms with Crippen LogP contribution in [-0.4, -0.2) is 27.2 Å². The maximum absolute atomic E-state index is 6.17. The lowest BCUT2D eigenvalue weighted by Crippen LogP contribution is -2.12. The molecule has 0 N–H and O–H groups in total.